The zero-order valence-electron chi connectivity index (χ0n) is 12.6. The van der Waals surface area contributed by atoms with Crippen molar-refractivity contribution in [1.82, 2.24) is 9.97 Å². The Hall–Kier alpha value is -3.35. The van der Waals surface area contributed by atoms with Crippen molar-refractivity contribution >= 4 is 28.7 Å². The maximum atomic E-state index is 11.7. The average molecular weight is 322 g/mol. The lowest BCUT2D eigenvalue weighted by Crippen LogP contribution is -2.31. The van der Waals surface area contributed by atoms with E-state index in [-0.39, 0.29) is 0 Å². The lowest BCUT2D eigenvalue weighted by Gasteiger charge is -2.20. The number of H-pyrrole nitrogens is 1. The molecule has 7 heteroatoms. The second-order valence-electron chi connectivity index (χ2n) is 5.69. The van der Waals surface area contributed by atoms with Gasteiger partial charge in [0.15, 0.2) is 0 Å². The fourth-order valence-corrected chi connectivity index (χ4v) is 3.25. The van der Waals surface area contributed by atoms with Crippen LogP contribution in [0.5, 0.6) is 0 Å². The van der Waals surface area contributed by atoms with Crippen LogP contribution in [0, 0.1) is 0 Å². The summed E-state index contributed by atoms with van der Waals surface area (Å²) in [4.78, 5) is 32.2. The third-order valence-corrected chi connectivity index (χ3v) is 4.29. The molecule has 4 rings (SSSR count). The van der Waals surface area contributed by atoms with Crippen molar-refractivity contribution in [2.75, 3.05) is 4.90 Å². The Morgan fingerprint density at radius 2 is 2.00 bits per heavy atom. The molecule has 4 N–H and O–H groups in total. The summed E-state index contributed by atoms with van der Waals surface area (Å²) in [5.41, 5.74) is 8.42. The summed E-state index contributed by atoms with van der Waals surface area (Å²) in [6, 6.07) is 12.0. The van der Waals surface area contributed by atoms with Gasteiger partial charge in [-0.25, -0.2) is 9.78 Å². The van der Waals surface area contributed by atoms with Crippen LogP contribution < -0.4 is 10.6 Å². The summed E-state index contributed by atoms with van der Waals surface area (Å²) in [7, 11) is 0. The van der Waals surface area contributed by atoms with Crippen LogP contribution in [0.25, 0.3) is 11.0 Å². The predicted octanol–water partition coefficient (Wildman–Crippen LogP) is 2.44. The van der Waals surface area contributed by atoms with E-state index in [1.165, 1.54) is 4.90 Å². The fraction of sp³-hybridized carbons (Fsp3) is 0.118. The Kier molecular flexibility index (Phi) is 3.02. The third kappa shape index (κ3) is 2.02. The molecule has 0 spiro atoms. The van der Waals surface area contributed by atoms with E-state index in [0.717, 1.165) is 5.56 Å². The molecular formula is C17H14N4O3. The Labute approximate surface area is 136 Å². The minimum absolute atomic E-state index is 0.312. The van der Waals surface area contributed by atoms with E-state index in [9.17, 15) is 14.7 Å². The second-order valence-corrected chi connectivity index (χ2v) is 5.69. The second kappa shape index (κ2) is 5.09. The number of hydrogen-bond acceptors (Lipinski definition) is 3. The van der Waals surface area contributed by atoms with Crippen LogP contribution in [0.2, 0.25) is 0 Å². The summed E-state index contributed by atoms with van der Waals surface area (Å²) in [6.45, 7) is 0. The standard InChI is InChI=1S/C17H14N4O3/c18-15(22)10-5-3-6-11-14(10)20-16(19-11)13-8-9-4-1-2-7-12(9)21(13)17(23)24/h1-7,13H,8H2,(H2,18,22)(H,19,20)(H,23,24). The SMILES string of the molecule is NC(=O)c1cccc2[nH]c(C3Cc4ccccc4N3C(=O)O)nc12. The normalized spacial score (nSPS) is 16.3. The van der Waals surface area contributed by atoms with Gasteiger partial charge in [0.1, 0.15) is 17.4 Å². The van der Waals surface area contributed by atoms with Crippen LogP contribution in [0.1, 0.15) is 27.8 Å². The van der Waals surface area contributed by atoms with Crippen LogP contribution >= 0.6 is 0 Å². The molecule has 0 saturated carbocycles. The van der Waals surface area contributed by atoms with Crippen molar-refractivity contribution in [2.45, 2.75) is 12.5 Å². The molecule has 2 amide bonds. The highest BCUT2D eigenvalue weighted by atomic mass is 16.4. The Morgan fingerprint density at radius 1 is 1.21 bits per heavy atom. The van der Waals surface area contributed by atoms with E-state index < -0.39 is 18.0 Å². The number of primary amides is 1. The molecule has 1 aliphatic rings. The molecule has 0 aliphatic carbocycles. The van der Waals surface area contributed by atoms with Gasteiger partial charge in [0.2, 0.25) is 0 Å². The van der Waals surface area contributed by atoms with Crippen molar-refractivity contribution < 1.29 is 14.7 Å². The average Bonchev–Trinajstić information content (AvgIpc) is 3.15. The third-order valence-electron chi connectivity index (χ3n) is 4.29. The zero-order chi connectivity index (χ0) is 16.8. The molecule has 1 unspecified atom stereocenters. The first-order valence-electron chi connectivity index (χ1n) is 7.45. The molecule has 0 bridgehead atoms. The quantitative estimate of drug-likeness (QED) is 0.672. The van der Waals surface area contributed by atoms with Gasteiger partial charge >= 0.3 is 6.09 Å². The summed E-state index contributed by atoms with van der Waals surface area (Å²) < 4.78 is 0. The number of nitrogens with one attached hydrogen (secondary N) is 1. The molecule has 120 valence electrons. The number of imidazole rings is 1. The lowest BCUT2D eigenvalue weighted by molar-refractivity contribution is 0.100. The first kappa shape index (κ1) is 14.3. The maximum absolute atomic E-state index is 11.7. The number of fused-ring (bicyclic) bond motifs is 2. The number of carbonyl (C=O) groups is 2. The molecule has 2 aromatic carbocycles. The van der Waals surface area contributed by atoms with E-state index in [1.807, 2.05) is 12.1 Å². The van der Waals surface area contributed by atoms with E-state index in [4.69, 9.17) is 5.73 Å². The maximum Gasteiger partial charge on any atom is 0.412 e. The molecule has 24 heavy (non-hydrogen) atoms. The van der Waals surface area contributed by atoms with Gasteiger partial charge in [-0.1, -0.05) is 24.3 Å². The predicted molar refractivity (Wildman–Crippen MR) is 88.0 cm³/mol. The van der Waals surface area contributed by atoms with Crippen molar-refractivity contribution in [2.24, 2.45) is 5.73 Å². The number of benzene rings is 2. The summed E-state index contributed by atoms with van der Waals surface area (Å²) >= 11 is 0. The largest absolute Gasteiger partial charge is 0.465 e. The summed E-state index contributed by atoms with van der Waals surface area (Å²) in [5, 5.41) is 9.62. The molecule has 0 saturated heterocycles. The number of para-hydroxylation sites is 2. The molecule has 0 fully saturated rings. The highest BCUT2D eigenvalue weighted by Gasteiger charge is 2.36. The van der Waals surface area contributed by atoms with Crippen molar-refractivity contribution in [3.63, 3.8) is 0 Å². The van der Waals surface area contributed by atoms with Crippen LogP contribution in [0.15, 0.2) is 42.5 Å². The lowest BCUT2D eigenvalue weighted by atomic mass is 10.1. The minimum atomic E-state index is -1.04. The van der Waals surface area contributed by atoms with Crippen LogP contribution in [-0.2, 0) is 6.42 Å². The molecule has 1 atom stereocenters. The van der Waals surface area contributed by atoms with Crippen molar-refractivity contribution in [1.29, 1.82) is 0 Å². The van der Waals surface area contributed by atoms with Gasteiger partial charge in [0.25, 0.3) is 5.91 Å². The molecular weight excluding hydrogens is 308 g/mol. The van der Waals surface area contributed by atoms with E-state index in [1.54, 1.807) is 30.3 Å². The van der Waals surface area contributed by atoms with Gasteiger partial charge < -0.3 is 15.8 Å². The number of carboxylic acid groups (broad SMARTS) is 1. The van der Waals surface area contributed by atoms with E-state index >= 15 is 0 Å². The smallest absolute Gasteiger partial charge is 0.412 e. The van der Waals surface area contributed by atoms with Crippen LogP contribution in [-0.4, -0.2) is 27.1 Å². The molecule has 1 aromatic heterocycles. The first-order chi connectivity index (χ1) is 11.6. The Morgan fingerprint density at radius 3 is 2.75 bits per heavy atom. The molecule has 2 heterocycles. The molecule has 0 radical (unpaired) electrons. The van der Waals surface area contributed by atoms with Gasteiger partial charge in [0, 0.05) is 6.42 Å². The number of anilines is 1. The summed E-state index contributed by atoms with van der Waals surface area (Å²) in [6.07, 6.45) is -0.519. The molecule has 7 nitrogen and oxygen atoms in total. The number of nitrogens with zero attached hydrogens (tertiary/aromatic N) is 2. The van der Waals surface area contributed by atoms with Gasteiger partial charge in [0.05, 0.1) is 16.8 Å². The number of aromatic nitrogens is 2. The molecule has 1 aliphatic heterocycles. The zero-order valence-corrected chi connectivity index (χ0v) is 12.6. The van der Waals surface area contributed by atoms with E-state index in [2.05, 4.69) is 9.97 Å². The van der Waals surface area contributed by atoms with Gasteiger partial charge in [-0.15, -0.1) is 0 Å². The topological polar surface area (TPSA) is 112 Å². The number of rotatable bonds is 2. The monoisotopic (exact) mass is 322 g/mol. The van der Waals surface area contributed by atoms with E-state index in [0.29, 0.717) is 34.5 Å². The number of hydrogen-bond donors (Lipinski definition) is 3. The minimum Gasteiger partial charge on any atom is -0.465 e. The number of nitrogens with two attached hydrogens (primary N) is 1. The van der Waals surface area contributed by atoms with Crippen LogP contribution in [0.4, 0.5) is 10.5 Å². The Bertz CT molecular complexity index is 979. The highest BCUT2D eigenvalue weighted by molar-refractivity contribution is 6.04. The number of aromatic amines is 1. The first-order valence-corrected chi connectivity index (χ1v) is 7.45. The van der Waals surface area contributed by atoms with Crippen LogP contribution in [0.3, 0.4) is 0 Å². The Balaban J connectivity index is 1.85. The molecule has 3 aromatic rings. The van der Waals surface area contributed by atoms with Crippen molar-refractivity contribution in [3.05, 3.63) is 59.4 Å². The van der Waals surface area contributed by atoms with Gasteiger partial charge in [-0.05, 0) is 23.8 Å². The highest BCUT2D eigenvalue weighted by Crippen LogP contribution is 2.39. The van der Waals surface area contributed by atoms with Crippen molar-refractivity contribution in [3.8, 4) is 0 Å². The summed E-state index contributed by atoms with van der Waals surface area (Å²) in [5.74, 6) is -0.0688. The van der Waals surface area contributed by atoms with Gasteiger partial charge in [-0.2, -0.15) is 0 Å². The number of amides is 2. The van der Waals surface area contributed by atoms with Gasteiger partial charge in [-0.3, -0.25) is 9.69 Å². The number of carbonyl (C=O) groups excluding carboxylic acids is 1. The fourth-order valence-electron chi connectivity index (χ4n) is 3.25.